The van der Waals surface area contributed by atoms with E-state index in [1.54, 1.807) is 58.2 Å². The molecule has 0 bridgehead atoms. The van der Waals surface area contributed by atoms with Gasteiger partial charge in [-0.25, -0.2) is 14.0 Å². The van der Waals surface area contributed by atoms with Crippen LogP contribution in [0.5, 0.6) is 0 Å². The molecule has 0 spiro atoms. The number of nitriles is 1. The van der Waals surface area contributed by atoms with Crippen LogP contribution in [0.25, 0.3) is 22.2 Å². The molecule has 2 aliphatic rings. The summed E-state index contributed by atoms with van der Waals surface area (Å²) in [7, 11) is 1.59. The van der Waals surface area contributed by atoms with Crippen molar-refractivity contribution in [2.75, 3.05) is 13.2 Å². The lowest BCUT2D eigenvalue weighted by Gasteiger charge is -2.31. The zero-order chi connectivity index (χ0) is 28.8. The first kappa shape index (κ1) is 27.4. The fourth-order valence-corrected chi connectivity index (χ4v) is 5.38. The predicted octanol–water partition coefficient (Wildman–Crippen LogP) is 3.51. The number of fused-ring (bicyclic) bond motifs is 2. The summed E-state index contributed by atoms with van der Waals surface area (Å²) < 4.78 is 32.8. The Morgan fingerprint density at radius 1 is 1.20 bits per heavy atom. The predicted molar refractivity (Wildman–Crippen MR) is 143 cm³/mol. The number of aromatic nitrogens is 1. The molecule has 1 aromatic heterocycles. The molecule has 10 nitrogen and oxygen atoms in total. The van der Waals surface area contributed by atoms with Crippen LogP contribution in [-0.2, 0) is 27.7 Å². The van der Waals surface area contributed by atoms with E-state index >= 15 is 4.39 Å². The lowest BCUT2D eigenvalue weighted by molar-refractivity contribution is -0.126. The van der Waals surface area contributed by atoms with Gasteiger partial charge < -0.3 is 19.2 Å². The first-order chi connectivity index (χ1) is 18.9. The third-order valence-electron chi connectivity index (χ3n) is 7.36. The molecule has 3 heterocycles. The molecule has 2 saturated heterocycles. The Balaban J connectivity index is 1.30. The number of halogens is 1. The quantitative estimate of drug-likeness (QED) is 0.515. The van der Waals surface area contributed by atoms with E-state index in [1.807, 2.05) is 6.07 Å². The maximum Gasteiger partial charge on any atom is 0.419 e. The number of carbonyl (C=O) groups excluding carboxylic acids is 2. The largest absolute Gasteiger partial charge is 0.444 e. The van der Waals surface area contributed by atoms with Crippen molar-refractivity contribution in [1.29, 1.82) is 5.26 Å². The zero-order valence-corrected chi connectivity index (χ0v) is 22.8. The van der Waals surface area contributed by atoms with Crippen LogP contribution in [-0.4, -0.2) is 58.4 Å². The van der Waals surface area contributed by atoms with E-state index in [0.717, 1.165) is 0 Å². The normalized spacial score (nSPS) is 21.2. The fraction of sp³-hybridized carbons (Fsp3) is 0.448. The van der Waals surface area contributed by atoms with Gasteiger partial charge >= 0.3 is 11.8 Å². The second kappa shape index (κ2) is 10.4. The molecule has 0 saturated carbocycles. The van der Waals surface area contributed by atoms with E-state index in [2.05, 4.69) is 5.32 Å². The van der Waals surface area contributed by atoms with Gasteiger partial charge in [-0.2, -0.15) is 5.26 Å². The highest BCUT2D eigenvalue weighted by Crippen LogP contribution is 2.36. The van der Waals surface area contributed by atoms with Gasteiger partial charge in [0.05, 0.1) is 30.8 Å². The standard InChI is InChI=1S/C29H31FN4O6/c1-29(2,3)40-28(37)34-23(12-19-14-38-15-24(19)34)26(35)32-20(13-31)9-18-6-5-16(10-21(18)30)17-7-8-25-22(11-17)33(4)27(36)39-25/h5-8,10-11,19-20,23-24H,9,12,14-15H2,1-4H3,(H,32,35)/t19-,20+,23+,24+/m1/s1. The summed E-state index contributed by atoms with van der Waals surface area (Å²) in [5, 5.41) is 12.5. The van der Waals surface area contributed by atoms with Crippen molar-refractivity contribution in [2.45, 2.75) is 57.3 Å². The van der Waals surface area contributed by atoms with Crippen LogP contribution in [0.15, 0.2) is 45.6 Å². The monoisotopic (exact) mass is 550 g/mol. The summed E-state index contributed by atoms with van der Waals surface area (Å²) in [6.45, 7) is 6.01. The molecule has 40 heavy (non-hydrogen) atoms. The number of nitrogens with zero attached hydrogens (tertiary/aromatic N) is 3. The molecule has 2 amide bonds. The SMILES string of the molecule is Cn1c(=O)oc2ccc(-c3ccc(C[C@@H](C#N)NC(=O)[C@@H]4C[C@@H]5COC[C@@H]5N4C(=O)OC(C)(C)C)c(F)c3)cc21. The smallest absolute Gasteiger partial charge is 0.419 e. The molecule has 5 rings (SSSR count). The Kier molecular flexibility index (Phi) is 7.14. The van der Waals surface area contributed by atoms with Crippen molar-refractivity contribution in [2.24, 2.45) is 13.0 Å². The van der Waals surface area contributed by atoms with Crippen LogP contribution >= 0.6 is 0 Å². The van der Waals surface area contributed by atoms with Crippen molar-refractivity contribution >= 4 is 23.1 Å². The maximum atomic E-state index is 15.2. The third kappa shape index (κ3) is 5.31. The summed E-state index contributed by atoms with van der Waals surface area (Å²) in [4.78, 5) is 39.5. The summed E-state index contributed by atoms with van der Waals surface area (Å²) in [5.41, 5.74) is 1.81. The molecular weight excluding hydrogens is 519 g/mol. The highest BCUT2D eigenvalue weighted by molar-refractivity contribution is 5.87. The van der Waals surface area contributed by atoms with Crippen LogP contribution in [0.4, 0.5) is 9.18 Å². The summed E-state index contributed by atoms with van der Waals surface area (Å²) in [6.07, 6.45) is -0.267. The number of oxazole rings is 1. The van der Waals surface area contributed by atoms with Crippen molar-refractivity contribution < 1.29 is 27.9 Å². The minimum atomic E-state index is -1.01. The maximum absolute atomic E-state index is 15.2. The molecule has 2 aromatic carbocycles. The topological polar surface area (TPSA) is 127 Å². The Bertz CT molecular complexity index is 1570. The van der Waals surface area contributed by atoms with Crippen LogP contribution in [0.2, 0.25) is 0 Å². The zero-order valence-electron chi connectivity index (χ0n) is 22.8. The van der Waals surface area contributed by atoms with E-state index in [1.165, 1.54) is 15.5 Å². The average Bonchev–Trinajstić information content (AvgIpc) is 3.56. The van der Waals surface area contributed by atoms with Crippen LogP contribution in [0.1, 0.15) is 32.8 Å². The average molecular weight is 551 g/mol. The Morgan fingerprint density at radius 2 is 1.93 bits per heavy atom. The number of benzene rings is 2. The van der Waals surface area contributed by atoms with Gasteiger partial charge in [0.1, 0.15) is 23.5 Å². The first-order valence-electron chi connectivity index (χ1n) is 13.1. The number of amides is 2. The van der Waals surface area contributed by atoms with Gasteiger partial charge in [-0.3, -0.25) is 14.3 Å². The second-order valence-corrected chi connectivity index (χ2v) is 11.3. The van der Waals surface area contributed by atoms with Crippen molar-refractivity contribution in [3.8, 4) is 17.2 Å². The van der Waals surface area contributed by atoms with Gasteiger partial charge in [0.25, 0.3) is 0 Å². The molecule has 0 aliphatic carbocycles. The lowest BCUT2D eigenvalue weighted by atomic mass is 9.99. The molecule has 2 aliphatic heterocycles. The fourth-order valence-electron chi connectivity index (χ4n) is 5.38. The Labute approximate surface area is 230 Å². The molecule has 3 aromatic rings. The van der Waals surface area contributed by atoms with Crippen molar-refractivity contribution in [3.05, 3.63) is 58.3 Å². The number of hydrogen-bond donors (Lipinski definition) is 1. The molecule has 1 N–H and O–H groups in total. The number of carbonyl (C=O) groups is 2. The van der Waals surface area contributed by atoms with Crippen LogP contribution in [0.3, 0.4) is 0 Å². The van der Waals surface area contributed by atoms with E-state index < -0.39 is 41.3 Å². The van der Waals surface area contributed by atoms with Gasteiger partial charge in [-0.05, 0) is 62.1 Å². The van der Waals surface area contributed by atoms with Gasteiger partial charge in [0.15, 0.2) is 5.58 Å². The van der Waals surface area contributed by atoms with E-state index in [4.69, 9.17) is 13.9 Å². The molecule has 2 fully saturated rings. The highest BCUT2D eigenvalue weighted by Gasteiger charge is 2.51. The molecular formula is C29H31FN4O6. The Morgan fingerprint density at radius 3 is 2.62 bits per heavy atom. The number of nitrogens with one attached hydrogen (secondary N) is 1. The minimum Gasteiger partial charge on any atom is -0.444 e. The molecule has 11 heteroatoms. The highest BCUT2D eigenvalue weighted by atomic mass is 19.1. The Hall–Kier alpha value is -4.17. The number of aryl methyl sites for hydroxylation is 1. The van der Waals surface area contributed by atoms with Crippen molar-refractivity contribution in [3.63, 3.8) is 0 Å². The number of hydrogen-bond acceptors (Lipinski definition) is 7. The number of likely N-dealkylation sites (tertiary alicyclic amines) is 1. The number of ether oxygens (including phenoxy) is 2. The third-order valence-corrected chi connectivity index (χ3v) is 7.36. The molecule has 210 valence electrons. The second-order valence-electron chi connectivity index (χ2n) is 11.3. The van der Waals surface area contributed by atoms with Crippen LogP contribution < -0.4 is 11.1 Å². The minimum absolute atomic E-state index is 0.00233. The van der Waals surface area contributed by atoms with Crippen LogP contribution in [0, 0.1) is 23.1 Å². The number of rotatable bonds is 5. The van der Waals surface area contributed by atoms with Gasteiger partial charge in [0.2, 0.25) is 5.91 Å². The van der Waals surface area contributed by atoms with Gasteiger partial charge in [-0.1, -0.05) is 18.2 Å². The molecule has 4 atom stereocenters. The van der Waals surface area contributed by atoms with Gasteiger partial charge in [-0.15, -0.1) is 0 Å². The summed E-state index contributed by atoms with van der Waals surface area (Å²) in [6, 6.07) is 9.71. The first-order valence-corrected chi connectivity index (χ1v) is 13.1. The summed E-state index contributed by atoms with van der Waals surface area (Å²) >= 11 is 0. The van der Waals surface area contributed by atoms with Crippen molar-refractivity contribution in [1.82, 2.24) is 14.8 Å². The summed E-state index contributed by atoms with van der Waals surface area (Å²) in [5.74, 6) is -1.50. The molecule has 0 radical (unpaired) electrons. The van der Waals surface area contributed by atoms with E-state index in [0.29, 0.717) is 41.9 Å². The van der Waals surface area contributed by atoms with Gasteiger partial charge in [0, 0.05) is 19.4 Å². The molecule has 0 unspecified atom stereocenters. The van der Waals surface area contributed by atoms with E-state index in [9.17, 15) is 19.6 Å². The lowest BCUT2D eigenvalue weighted by Crippen LogP contribution is -2.53. The van der Waals surface area contributed by atoms with E-state index in [-0.39, 0.29) is 23.9 Å².